The van der Waals surface area contributed by atoms with Crippen LogP contribution < -0.4 is 5.32 Å². The summed E-state index contributed by atoms with van der Waals surface area (Å²) < 4.78 is 42.1. The molecule has 0 aliphatic carbocycles. The lowest BCUT2D eigenvalue weighted by molar-refractivity contribution is -0.146. The fraction of sp³-hybridized carbons (Fsp3) is 0.833. The van der Waals surface area contributed by atoms with Crippen LogP contribution in [0.1, 0.15) is 24.6 Å². The molecule has 20 heavy (non-hydrogen) atoms. The Morgan fingerprint density at radius 3 is 2.40 bits per heavy atom. The second kappa shape index (κ2) is 4.17. The smallest absolute Gasteiger partial charge is 0.338 e. The van der Waals surface area contributed by atoms with Gasteiger partial charge in [0.05, 0.1) is 6.54 Å². The molecule has 0 saturated carbocycles. The monoisotopic (exact) mass is 288 g/mol. The molecular weight excluding hydrogens is 273 g/mol. The van der Waals surface area contributed by atoms with E-state index in [4.69, 9.17) is 4.52 Å². The predicted octanol–water partition coefficient (Wildman–Crippen LogP) is 1.27. The molecule has 0 aromatic carbocycles. The third kappa shape index (κ3) is 1.77. The van der Waals surface area contributed by atoms with E-state index in [-0.39, 0.29) is 5.89 Å². The molecule has 0 radical (unpaired) electrons. The zero-order valence-corrected chi connectivity index (χ0v) is 10.7. The molecule has 1 aromatic heterocycles. The molecule has 3 fully saturated rings. The van der Waals surface area contributed by atoms with E-state index in [1.54, 1.807) is 0 Å². The Labute approximate surface area is 113 Å². The standard InChI is InChI=1S/C12H15F3N4O/c13-12(14,15)11-17-10(20-18-11)5-19-8-1-2-9(19)7-4-16-3-6(7)8/h6-9,16H,1-5H2/t6-,7+,8-,9+. The first-order valence-electron chi connectivity index (χ1n) is 6.90. The fourth-order valence-corrected chi connectivity index (χ4v) is 4.23. The van der Waals surface area contributed by atoms with Gasteiger partial charge in [-0.2, -0.15) is 18.2 Å². The van der Waals surface area contributed by atoms with E-state index in [0.29, 0.717) is 30.5 Å². The minimum absolute atomic E-state index is 0.0714. The molecule has 5 nitrogen and oxygen atoms in total. The molecule has 3 aliphatic heterocycles. The van der Waals surface area contributed by atoms with Crippen LogP contribution in [0.5, 0.6) is 0 Å². The molecule has 2 bridgehead atoms. The van der Waals surface area contributed by atoms with Crippen molar-refractivity contribution in [2.45, 2.75) is 37.6 Å². The van der Waals surface area contributed by atoms with Crippen LogP contribution in [-0.2, 0) is 12.7 Å². The van der Waals surface area contributed by atoms with Gasteiger partial charge in [-0.3, -0.25) is 4.90 Å². The predicted molar refractivity (Wildman–Crippen MR) is 61.5 cm³/mol. The minimum Gasteiger partial charge on any atom is -0.338 e. The first-order chi connectivity index (χ1) is 9.54. The van der Waals surface area contributed by atoms with E-state index in [0.717, 1.165) is 25.9 Å². The van der Waals surface area contributed by atoms with Crippen molar-refractivity contribution in [3.63, 3.8) is 0 Å². The molecule has 0 amide bonds. The van der Waals surface area contributed by atoms with Crippen LogP contribution in [-0.4, -0.2) is 40.2 Å². The van der Waals surface area contributed by atoms with Crippen LogP contribution in [0.3, 0.4) is 0 Å². The minimum atomic E-state index is -4.54. The lowest BCUT2D eigenvalue weighted by Gasteiger charge is -2.22. The van der Waals surface area contributed by atoms with Crippen molar-refractivity contribution in [1.29, 1.82) is 0 Å². The molecule has 3 aliphatic rings. The van der Waals surface area contributed by atoms with Gasteiger partial charge >= 0.3 is 6.18 Å². The maximum Gasteiger partial charge on any atom is 0.455 e. The highest BCUT2D eigenvalue weighted by molar-refractivity contribution is 5.09. The van der Waals surface area contributed by atoms with Gasteiger partial charge in [0.1, 0.15) is 0 Å². The SMILES string of the molecule is FC(F)(F)c1noc(CN2[C@@H]3CC[C@H]2[C@H]2CNC[C@H]23)n1. The molecule has 4 atom stereocenters. The number of rotatable bonds is 2. The van der Waals surface area contributed by atoms with Crippen LogP contribution in [0.4, 0.5) is 13.2 Å². The largest absolute Gasteiger partial charge is 0.455 e. The molecular formula is C12H15F3N4O. The van der Waals surface area contributed by atoms with Crippen LogP contribution >= 0.6 is 0 Å². The van der Waals surface area contributed by atoms with E-state index in [2.05, 4.69) is 20.4 Å². The van der Waals surface area contributed by atoms with Gasteiger partial charge in [-0.25, -0.2) is 0 Å². The summed E-state index contributed by atoms with van der Waals surface area (Å²) in [6, 6.07) is 0.891. The zero-order valence-electron chi connectivity index (χ0n) is 10.7. The van der Waals surface area contributed by atoms with Crippen LogP contribution in [0, 0.1) is 11.8 Å². The second-order valence-electron chi connectivity index (χ2n) is 5.88. The number of hydrogen-bond acceptors (Lipinski definition) is 5. The molecule has 4 rings (SSSR count). The number of alkyl halides is 3. The molecule has 3 saturated heterocycles. The maximum atomic E-state index is 12.5. The lowest BCUT2D eigenvalue weighted by Crippen LogP contribution is -2.33. The van der Waals surface area contributed by atoms with Crippen LogP contribution in [0.25, 0.3) is 0 Å². The Morgan fingerprint density at radius 1 is 1.20 bits per heavy atom. The van der Waals surface area contributed by atoms with Crippen LogP contribution in [0.2, 0.25) is 0 Å². The van der Waals surface area contributed by atoms with Crippen molar-refractivity contribution in [1.82, 2.24) is 20.4 Å². The zero-order chi connectivity index (χ0) is 13.9. The molecule has 0 unspecified atom stereocenters. The highest BCUT2D eigenvalue weighted by Gasteiger charge is 2.54. The normalized spacial score (nSPS) is 36.8. The molecule has 0 spiro atoms. The van der Waals surface area contributed by atoms with Gasteiger partial charge in [-0.05, 0) is 37.8 Å². The van der Waals surface area contributed by atoms with Gasteiger partial charge in [0.25, 0.3) is 5.82 Å². The fourth-order valence-electron chi connectivity index (χ4n) is 4.23. The second-order valence-corrected chi connectivity index (χ2v) is 5.88. The van der Waals surface area contributed by atoms with Crippen molar-refractivity contribution in [3.05, 3.63) is 11.7 Å². The van der Waals surface area contributed by atoms with Gasteiger partial charge in [-0.15, -0.1) is 0 Å². The lowest BCUT2D eigenvalue weighted by atomic mass is 9.82. The van der Waals surface area contributed by atoms with Crippen molar-refractivity contribution in [3.8, 4) is 0 Å². The van der Waals surface area contributed by atoms with E-state index in [9.17, 15) is 13.2 Å². The first-order valence-corrected chi connectivity index (χ1v) is 6.90. The number of fused-ring (bicyclic) bond motifs is 5. The summed E-state index contributed by atoms with van der Waals surface area (Å²) in [5.41, 5.74) is 0. The number of nitrogens with one attached hydrogen (secondary N) is 1. The van der Waals surface area contributed by atoms with Gasteiger partial charge in [-0.1, -0.05) is 5.16 Å². The highest BCUT2D eigenvalue weighted by Crippen LogP contribution is 2.47. The number of nitrogens with zero attached hydrogens (tertiary/aromatic N) is 3. The molecule has 8 heteroatoms. The Hall–Kier alpha value is -1.15. The Morgan fingerprint density at radius 2 is 1.85 bits per heavy atom. The summed E-state index contributed by atoms with van der Waals surface area (Å²) in [4.78, 5) is 5.74. The van der Waals surface area contributed by atoms with Crippen molar-refractivity contribution in [2.24, 2.45) is 11.8 Å². The summed E-state index contributed by atoms with van der Waals surface area (Å²) in [6.07, 6.45) is -2.30. The Balaban J connectivity index is 1.51. The number of halogens is 3. The van der Waals surface area contributed by atoms with Gasteiger partial charge in [0, 0.05) is 12.1 Å². The molecule has 1 aromatic rings. The summed E-state index contributed by atoms with van der Waals surface area (Å²) in [5.74, 6) is 0.139. The third-order valence-electron chi connectivity index (χ3n) is 4.95. The molecule has 1 N–H and O–H groups in total. The van der Waals surface area contributed by atoms with Crippen molar-refractivity contribution < 1.29 is 17.7 Å². The number of aromatic nitrogens is 2. The van der Waals surface area contributed by atoms with Gasteiger partial charge in [0.15, 0.2) is 0 Å². The highest BCUT2D eigenvalue weighted by atomic mass is 19.4. The topological polar surface area (TPSA) is 54.2 Å². The molecule has 4 heterocycles. The van der Waals surface area contributed by atoms with Crippen LogP contribution in [0.15, 0.2) is 4.52 Å². The average molecular weight is 288 g/mol. The summed E-state index contributed by atoms with van der Waals surface area (Å²) >= 11 is 0. The average Bonchev–Trinajstić information content (AvgIpc) is 3.09. The maximum absolute atomic E-state index is 12.5. The molecule has 110 valence electrons. The van der Waals surface area contributed by atoms with Gasteiger partial charge < -0.3 is 9.84 Å². The van der Waals surface area contributed by atoms with Gasteiger partial charge in [0.2, 0.25) is 5.89 Å². The van der Waals surface area contributed by atoms with Crippen molar-refractivity contribution in [2.75, 3.05) is 13.1 Å². The van der Waals surface area contributed by atoms with E-state index >= 15 is 0 Å². The Kier molecular flexibility index (Phi) is 2.62. The summed E-state index contributed by atoms with van der Waals surface area (Å²) in [5, 5.41) is 6.43. The Bertz CT molecular complexity index is 499. The summed E-state index contributed by atoms with van der Waals surface area (Å²) in [6.45, 7) is 2.37. The number of hydrogen-bond donors (Lipinski definition) is 1. The van der Waals surface area contributed by atoms with E-state index in [1.165, 1.54) is 0 Å². The summed E-state index contributed by atoms with van der Waals surface area (Å²) in [7, 11) is 0. The van der Waals surface area contributed by atoms with E-state index < -0.39 is 12.0 Å². The van der Waals surface area contributed by atoms with Crippen molar-refractivity contribution >= 4 is 0 Å². The third-order valence-corrected chi connectivity index (χ3v) is 4.95. The first kappa shape index (κ1) is 12.6. The quantitative estimate of drug-likeness (QED) is 0.888. The van der Waals surface area contributed by atoms with E-state index in [1.807, 2.05) is 0 Å².